The summed E-state index contributed by atoms with van der Waals surface area (Å²) in [4.78, 5) is 11.1. The van der Waals surface area contributed by atoms with Crippen LogP contribution in [-0.2, 0) is 4.79 Å². The van der Waals surface area contributed by atoms with Gasteiger partial charge in [-0.15, -0.1) is 0 Å². The zero-order valence-corrected chi connectivity index (χ0v) is 14.6. The maximum absolute atomic E-state index is 11.1. The van der Waals surface area contributed by atoms with Crippen LogP contribution < -0.4 is 0 Å². The molecule has 0 aliphatic heterocycles. The molecular formula is C20H34O2. The fourth-order valence-corrected chi connectivity index (χ4v) is 4.39. The highest BCUT2D eigenvalue weighted by atomic mass is 16.4. The molecule has 2 rings (SSSR count). The first kappa shape index (κ1) is 17.6. The first-order chi connectivity index (χ1) is 10.6. The molecule has 2 nitrogen and oxygen atoms in total. The van der Waals surface area contributed by atoms with Gasteiger partial charge in [-0.2, -0.15) is 0 Å². The monoisotopic (exact) mass is 306 g/mol. The maximum atomic E-state index is 11.1. The van der Waals surface area contributed by atoms with E-state index >= 15 is 0 Å². The van der Waals surface area contributed by atoms with Crippen LogP contribution in [0.25, 0.3) is 0 Å². The molecule has 1 N–H and O–H groups in total. The molecule has 0 aromatic heterocycles. The predicted molar refractivity (Wildman–Crippen MR) is 91.9 cm³/mol. The van der Waals surface area contributed by atoms with Crippen molar-refractivity contribution in [1.29, 1.82) is 0 Å². The molecule has 3 atom stereocenters. The van der Waals surface area contributed by atoms with Gasteiger partial charge in [-0.3, -0.25) is 4.79 Å². The molecule has 0 aromatic rings. The molecule has 126 valence electrons. The molecule has 2 fully saturated rings. The number of unbranched alkanes of at least 4 members (excludes halogenated alkanes) is 4. The van der Waals surface area contributed by atoms with E-state index in [-0.39, 0.29) is 5.92 Å². The van der Waals surface area contributed by atoms with Crippen LogP contribution in [0, 0.1) is 17.8 Å². The lowest BCUT2D eigenvalue weighted by Gasteiger charge is -2.20. The second-order valence-corrected chi connectivity index (χ2v) is 7.65. The second kappa shape index (κ2) is 8.74. The number of carbonyl (C=O) groups is 1. The summed E-state index contributed by atoms with van der Waals surface area (Å²) < 4.78 is 0. The third-order valence-corrected chi connectivity index (χ3v) is 5.88. The van der Waals surface area contributed by atoms with Crippen molar-refractivity contribution < 1.29 is 9.90 Å². The van der Waals surface area contributed by atoms with Gasteiger partial charge < -0.3 is 5.11 Å². The first-order valence-corrected chi connectivity index (χ1v) is 9.55. The Morgan fingerprint density at radius 1 is 1.18 bits per heavy atom. The lowest BCUT2D eigenvalue weighted by atomic mass is 9.85. The molecule has 0 spiro atoms. The summed E-state index contributed by atoms with van der Waals surface area (Å²) in [6.07, 6.45) is 15.3. The third-order valence-electron chi connectivity index (χ3n) is 5.88. The minimum Gasteiger partial charge on any atom is -0.481 e. The van der Waals surface area contributed by atoms with Crippen molar-refractivity contribution >= 4 is 5.97 Å². The van der Waals surface area contributed by atoms with E-state index in [9.17, 15) is 4.79 Å². The smallest absolute Gasteiger partial charge is 0.306 e. The van der Waals surface area contributed by atoms with E-state index in [1.54, 1.807) is 11.1 Å². The van der Waals surface area contributed by atoms with Crippen LogP contribution in [0.15, 0.2) is 11.1 Å². The number of allylic oxidation sites excluding steroid dienone is 2. The Labute approximate surface area is 136 Å². The minimum atomic E-state index is -0.639. The molecule has 2 heteroatoms. The number of carboxylic acids is 1. The van der Waals surface area contributed by atoms with Gasteiger partial charge in [-0.25, -0.2) is 0 Å². The van der Waals surface area contributed by atoms with Crippen LogP contribution in [0.5, 0.6) is 0 Å². The summed E-state index contributed by atoms with van der Waals surface area (Å²) in [6, 6.07) is 0. The number of fused-ring (bicyclic) bond motifs is 2. The van der Waals surface area contributed by atoms with Gasteiger partial charge in [0.2, 0.25) is 0 Å². The highest BCUT2D eigenvalue weighted by Crippen LogP contribution is 2.50. The summed E-state index contributed by atoms with van der Waals surface area (Å²) in [5, 5.41) is 9.12. The highest BCUT2D eigenvalue weighted by molar-refractivity contribution is 5.69. The third kappa shape index (κ3) is 4.86. The van der Waals surface area contributed by atoms with Gasteiger partial charge in [0.1, 0.15) is 0 Å². The summed E-state index contributed by atoms with van der Waals surface area (Å²) >= 11 is 0. The highest BCUT2D eigenvalue weighted by Gasteiger charge is 2.36. The van der Waals surface area contributed by atoms with Gasteiger partial charge in [0.15, 0.2) is 0 Å². The van der Waals surface area contributed by atoms with Crippen LogP contribution in [0.2, 0.25) is 0 Å². The topological polar surface area (TPSA) is 37.3 Å². The standard InChI is InChI=1S/C20H34O2/c1-3-4-5-6-7-8-17(11-9-15(2)20(21)22)19-14-16-10-12-18(19)13-16/h15-16,18H,3-14H2,1-2H3,(H,21,22). The predicted octanol–water partition coefficient (Wildman–Crippen LogP) is 5.96. The van der Waals surface area contributed by atoms with Crippen LogP contribution in [0.4, 0.5) is 0 Å². The van der Waals surface area contributed by atoms with Crippen molar-refractivity contribution in [2.45, 2.75) is 90.9 Å². The normalized spacial score (nSPS) is 27.2. The molecule has 2 saturated carbocycles. The number of carboxylic acid groups (broad SMARTS) is 1. The lowest BCUT2D eigenvalue weighted by Crippen LogP contribution is -2.10. The fraction of sp³-hybridized carbons (Fsp3) is 0.850. The average molecular weight is 306 g/mol. The van der Waals surface area contributed by atoms with E-state index in [1.165, 1.54) is 64.2 Å². The van der Waals surface area contributed by atoms with Crippen molar-refractivity contribution in [2.24, 2.45) is 17.8 Å². The van der Waals surface area contributed by atoms with E-state index in [0.717, 1.165) is 24.7 Å². The summed E-state index contributed by atoms with van der Waals surface area (Å²) in [7, 11) is 0. The van der Waals surface area contributed by atoms with Crippen molar-refractivity contribution in [1.82, 2.24) is 0 Å². The summed E-state index contributed by atoms with van der Waals surface area (Å²) in [5.41, 5.74) is 3.40. The van der Waals surface area contributed by atoms with E-state index in [0.29, 0.717) is 0 Å². The van der Waals surface area contributed by atoms with Crippen LogP contribution in [-0.4, -0.2) is 11.1 Å². The Morgan fingerprint density at radius 2 is 1.95 bits per heavy atom. The zero-order chi connectivity index (χ0) is 15.9. The van der Waals surface area contributed by atoms with Gasteiger partial charge in [0, 0.05) is 0 Å². The van der Waals surface area contributed by atoms with Crippen LogP contribution in [0.1, 0.15) is 90.9 Å². The largest absolute Gasteiger partial charge is 0.481 e. The number of aliphatic carboxylic acids is 1. The number of hydrogen-bond donors (Lipinski definition) is 1. The Bertz CT molecular complexity index is 397. The summed E-state index contributed by atoms with van der Waals surface area (Å²) in [5.74, 6) is 0.970. The molecule has 2 aliphatic carbocycles. The molecular weight excluding hydrogens is 272 g/mol. The Morgan fingerprint density at radius 3 is 2.55 bits per heavy atom. The van der Waals surface area contributed by atoms with Crippen molar-refractivity contribution in [3.05, 3.63) is 11.1 Å². The molecule has 0 aromatic carbocycles. The molecule has 22 heavy (non-hydrogen) atoms. The second-order valence-electron chi connectivity index (χ2n) is 7.65. The first-order valence-electron chi connectivity index (χ1n) is 9.55. The van der Waals surface area contributed by atoms with Gasteiger partial charge in [-0.1, -0.05) is 50.7 Å². The summed E-state index contributed by atoms with van der Waals surface area (Å²) in [6.45, 7) is 4.11. The van der Waals surface area contributed by atoms with Crippen molar-refractivity contribution in [3.63, 3.8) is 0 Å². The van der Waals surface area contributed by atoms with Gasteiger partial charge in [0.05, 0.1) is 5.92 Å². The maximum Gasteiger partial charge on any atom is 0.306 e. The van der Waals surface area contributed by atoms with E-state index in [2.05, 4.69) is 6.92 Å². The minimum absolute atomic E-state index is 0.200. The molecule has 0 saturated heterocycles. The van der Waals surface area contributed by atoms with Crippen LogP contribution >= 0.6 is 0 Å². The Kier molecular flexibility index (Phi) is 6.98. The van der Waals surface area contributed by atoms with Crippen molar-refractivity contribution in [2.75, 3.05) is 0 Å². The molecule has 2 aliphatic rings. The molecule has 2 bridgehead atoms. The Balaban J connectivity index is 1.89. The van der Waals surface area contributed by atoms with Gasteiger partial charge in [0.25, 0.3) is 0 Å². The van der Waals surface area contributed by atoms with Crippen LogP contribution in [0.3, 0.4) is 0 Å². The lowest BCUT2D eigenvalue weighted by molar-refractivity contribution is -0.141. The average Bonchev–Trinajstić information content (AvgIpc) is 3.12. The molecule has 3 unspecified atom stereocenters. The quantitative estimate of drug-likeness (QED) is 0.399. The van der Waals surface area contributed by atoms with E-state index < -0.39 is 5.97 Å². The van der Waals surface area contributed by atoms with E-state index in [1.807, 2.05) is 6.92 Å². The van der Waals surface area contributed by atoms with Crippen molar-refractivity contribution in [3.8, 4) is 0 Å². The fourth-order valence-electron chi connectivity index (χ4n) is 4.39. The SMILES string of the molecule is CCCCCCCC(CCC(C)C(=O)O)=C1CC2CCC1C2. The Hall–Kier alpha value is -0.790. The van der Waals surface area contributed by atoms with Gasteiger partial charge >= 0.3 is 5.97 Å². The zero-order valence-electron chi connectivity index (χ0n) is 14.6. The number of hydrogen-bond acceptors (Lipinski definition) is 1. The van der Waals surface area contributed by atoms with Gasteiger partial charge in [-0.05, 0) is 63.2 Å². The molecule has 0 amide bonds. The number of rotatable bonds is 10. The molecule has 0 radical (unpaired) electrons. The molecule has 0 heterocycles. The van der Waals surface area contributed by atoms with E-state index in [4.69, 9.17) is 5.11 Å².